The van der Waals surface area contributed by atoms with Gasteiger partial charge >= 0.3 is 0 Å². The molecule has 2 aromatic rings. The number of amides is 1. The smallest absolute Gasteiger partial charge is 0.236 e. The highest BCUT2D eigenvalue weighted by Crippen LogP contribution is 2.37. The number of carbonyl (C=O) groups is 1. The molecular weight excluding hydrogens is 370 g/mol. The Morgan fingerprint density at radius 3 is 2.04 bits per heavy atom. The van der Waals surface area contributed by atoms with Crippen LogP contribution in [-0.2, 0) is 17.9 Å². The van der Waals surface area contributed by atoms with Crippen LogP contribution in [0.3, 0.4) is 0 Å². The van der Waals surface area contributed by atoms with Crippen LogP contribution in [0.1, 0.15) is 24.0 Å². The van der Waals surface area contributed by atoms with Crippen molar-refractivity contribution in [1.29, 1.82) is 0 Å². The van der Waals surface area contributed by atoms with Gasteiger partial charge in [-0.15, -0.1) is 12.4 Å². The first-order valence-corrected chi connectivity index (χ1v) is 10.0. The van der Waals surface area contributed by atoms with Crippen molar-refractivity contribution >= 4 is 18.3 Å². The van der Waals surface area contributed by atoms with Crippen LogP contribution in [0, 0.1) is 11.8 Å². The van der Waals surface area contributed by atoms with Crippen molar-refractivity contribution in [1.82, 2.24) is 9.80 Å². The number of hydrogen-bond acceptors (Lipinski definition) is 3. The Hall–Kier alpha value is -1.88. The molecule has 5 heteroatoms. The first-order chi connectivity index (χ1) is 13.2. The number of benzene rings is 2. The average molecular weight is 400 g/mol. The summed E-state index contributed by atoms with van der Waals surface area (Å²) < 4.78 is 0. The zero-order valence-corrected chi connectivity index (χ0v) is 17.1. The second kappa shape index (κ2) is 9.55. The fraction of sp³-hybridized carbons (Fsp3) is 0.435. The molecule has 2 N–H and O–H groups in total. The van der Waals surface area contributed by atoms with Crippen molar-refractivity contribution in [2.75, 3.05) is 19.6 Å². The summed E-state index contributed by atoms with van der Waals surface area (Å²) >= 11 is 0. The summed E-state index contributed by atoms with van der Waals surface area (Å²) in [5.41, 5.74) is 8.71. The summed E-state index contributed by atoms with van der Waals surface area (Å²) in [5, 5.41) is 0. The zero-order chi connectivity index (χ0) is 18.6. The first-order valence-electron chi connectivity index (χ1n) is 10.0. The normalized spacial score (nSPS) is 23.5. The molecule has 0 aromatic heterocycles. The Labute approximate surface area is 174 Å². The van der Waals surface area contributed by atoms with Gasteiger partial charge in [0.25, 0.3) is 0 Å². The first kappa shape index (κ1) is 20.8. The minimum atomic E-state index is 0. The van der Waals surface area contributed by atoms with Crippen LogP contribution in [0.4, 0.5) is 0 Å². The molecule has 0 spiro atoms. The van der Waals surface area contributed by atoms with Crippen LogP contribution in [0.5, 0.6) is 0 Å². The SMILES string of the molecule is Cl.NC1CCC2CN(C(=O)CN(Cc3ccccc3)Cc3ccccc3)CC12. The molecule has 28 heavy (non-hydrogen) atoms. The van der Waals surface area contributed by atoms with Gasteiger partial charge in [0.15, 0.2) is 0 Å². The van der Waals surface area contributed by atoms with Crippen LogP contribution in [0.15, 0.2) is 60.7 Å². The van der Waals surface area contributed by atoms with Gasteiger partial charge in [-0.1, -0.05) is 60.7 Å². The number of likely N-dealkylation sites (tertiary alicyclic amines) is 1. The molecule has 0 radical (unpaired) electrons. The number of nitrogens with zero attached hydrogens (tertiary/aromatic N) is 2. The van der Waals surface area contributed by atoms with Crippen LogP contribution in [-0.4, -0.2) is 41.4 Å². The van der Waals surface area contributed by atoms with E-state index in [9.17, 15) is 4.79 Å². The van der Waals surface area contributed by atoms with Crippen LogP contribution < -0.4 is 5.73 Å². The van der Waals surface area contributed by atoms with Gasteiger partial charge in [-0.3, -0.25) is 9.69 Å². The molecule has 1 saturated heterocycles. The average Bonchev–Trinajstić information content (AvgIpc) is 3.26. The van der Waals surface area contributed by atoms with Gasteiger partial charge in [0, 0.05) is 32.2 Å². The van der Waals surface area contributed by atoms with E-state index in [1.807, 2.05) is 12.1 Å². The second-order valence-electron chi connectivity index (χ2n) is 8.08. The Morgan fingerprint density at radius 2 is 1.50 bits per heavy atom. The number of halogens is 1. The summed E-state index contributed by atoms with van der Waals surface area (Å²) in [6, 6.07) is 21.1. The molecule has 3 atom stereocenters. The van der Waals surface area contributed by atoms with Crippen LogP contribution in [0.2, 0.25) is 0 Å². The minimum Gasteiger partial charge on any atom is -0.341 e. The van der Waals surface area contributed by atoms with Gasteiger partial charge in [-0.2, -0.15) is 0 Å². The molecule has 4 rings (SSSR count). The van der Waals surface area contributed by atoms with E-state index in [0.717, 1.165) is 32.6 Å². The highest BCUT2D eigenvalue weighted by Gasteiger charge is 2.42. The number of nitrogens with two attached hydrogens (primary N) is 1. The van der Waals surface area contributed by atoms with Gasteiger partial charge in [-0.25, -0.2) is 0 Å². The Morgan fingerprint density at radius 1 is 0.929 bits per heavy atom. The van der Waals surface area contributed by atoms with E-state index in [0.29, 0.717) is 18.4 Å². The maximum atomic E-state index is 13.0. The molecule has 0 bridgehead atoms. The fourth-order valence-electron chi connectivity index (χ4n) is 4.65. The highest BCUT2D eigenvalue weighted by molar-refractivity contribution is 5.85. The van der Waals surface area contributed by atoms with Gasteiger partial charge in [0.05, 0.1) is 6.54 Å². The lowest BCUT2D eigenvalue weighted by molar-refractivity contribution is -0.132. The molecular formula is C23H30ClN3O. The lowest BCUT2D eigenvalue weighted by atomic mass is 9.98. The van der Waals surface area contributed by atoms with Crippen molar-refractivity contribution in [3.63, 3.8) is 0 Å². The Balaban J connectivity index is 0.00000225. The van der Waals surface area contributed by atoms with Crippen molar-refractivity contribution in [3.8, 4) is 0 Å². The van der Waals surface area contributed by atoms with Gasteiger partial charge < -0.3 is 10.6 Å². The third kappa shape index (κ3) is 4.93. The summed E-state index contributed by atoms with van der Waals surface area (Å²) in [5.74, 6) is 1.36. The molecule has 2 fully saturated rings. The number of rotatable bonds is 6. The predicted molar refractivity (Wildman–Crippen MR) is 115 cm³/mol. The van der Waals surface area contributed by atoms with Crippen molar-refractivity contribution in [2.45, 2.75) is 32.0 Å². The summed E-state index contributed by atoms with van der Waals surface area (Å²) in [6.07, 6.45) is 2.29. The standard InChI is InChI=1S/C23H29N3O.ClH/c24-22-12-11-20-15-26(16-21(20)22)23(27)17-25(13-18-7-3-1-4-8-18)14-19-9-5-2-6-10-19;/h1-10,20-22H,11-17,24H2;1H. The largest absolute Gasteiger partial charge is 0.341 e. The quantitative estimate of drug-likeness (QED) is 0.810. The van der Waals surface area contributed by atoms with Crippen molar-refractivity contribution < 1.29 is 4.79 Å². The van der Waals surface area contributed by atoms with E-state index in [1.54, 1.807) is 0 Å². The molecule has 1 aliphatic carbocycles. The summed E-state index contributed by atoms with van der Waals surface area (Å²) in [4.78, 5) is 17.3. The molecule has 1 saturated carbocycles. The molecule has 3 unspecified atom stereocenters. The van der Waals surface area contributed by atoms with E-state index >= 15 is 0 Å². The number of fused-ring (bicyclic) bond motifs is 1. The predicted octanol–water partition coefficient (Wildman–Crippen LogP) is 3.31. The molecule has 150 valence electrons. The maximum absolute atomic E-state index is 13.0. The van der Waals surface area contributed by atoms with Crippen LogP contribution >= 0.6 is 12.4 Å². The van der Waals surface area contributed by atoms with E-state index in [4.69, 9.17) is 5.73 Å². The Kier molecular flexibility index (Phi) is 7.11. The van der Waals surface area contributed by atoms with E-state index in [1.165, 1.54) is 17.5 Å². The number of carbonyl (C=O) groups excluding carboxylic acids is 1. The summed E-state index contributed by atoms with van der Waals surface area (Å²) in [6.45, 7) is 3.75. The minimum absolute atomic E-state index is 0. The van der Waals surface area contributed by atoms with Gasteiger partial charge in [-0.05, 0) is 35.8 Å². The van der Waals surface area contributed by atoms with Crippen molar-refractivity contribution in [2.24, 2.45) is 17.6 Å². The molecule has 1 aliphatic heterocycles. The topological polar surface area (TPSA) is 49.6 Å². The Bertz CT molecular complexity index is 713. The number of hydrogen-bond donors (Lipinski definition) is 1. The van der Waals surface area contributed by atoms with Crippen molar-refractivity contribution in [3.05, 3.63) is 71.8 Å². The lowest BCUT2D eigenvalue weighted by Gasteiger charge is -2.26. The molecule has 2 aliphatic rings. The monoisotopic (exact) mass is 399 g/mol. The van der Waals surface area contributed by atoms with E-state index in [-0.39, 0.29) is 24.4 Å². The molecule has 4 nitrogen and oxygen atoms in total. The van der Waals surface area contributed by atoms with Crippen LogP contribution in [0.25, 0.3) is 0 Å². The fourth-order valence-corrected chi connectivity index (χ4v) is 4.65. The van der Waals surface area contributed by atoms with Gasteiger partial charge in [0.1, 0.15) is 0 Å². The molecule has 1 heterocycles. The molecule has 1 amide bonds. The summed E-state index contributed by atoms with van der Waals surface area (Å²) in [7, 11) is 0. The maximum Gasteiger partial charge on any atom is 0.236 e. The van der Waals surface area contributed by atoms with E-state index in [2.05, 4.69) is 58.3 Å². The van der Waals surface area contributed by atoms with E-state index < -0.39 is 0 Å². The third-order valence-corrected chi connectivity index (χ3v) is 6.12. The lowest BCUT2D eigenvalue weighted by Crippen LogP contribution is -2.40. The highest BCUT2D eigenvalue weighted by atomic mass is 35.5. The molecule has 2 aromatic carbocycles. The third-order valence-electron chi connectivity index (χ3n) is 6.12. The van der Waals surface area contributed by atoms with Gasteiger partial charge in [0.2, 0.25) is 5.91 Å². The zero-order valence-electron chi connectivity index (χ0n) is 16.2. The second-order valence-corrected chi connectivity index (χ2v) is 8.08.